The number of rotatable bonds is 13. The third kappa shape index (κ3) is 5.21. The normalized spacial score (nSPS) is 28.9. The summed E-state index contributed by atoms with van der Waals surface area (Å²) in [5, 5.41) is 9.26. The number of unbranched alkanes of at least 4 members (excludes halogenated alkanes) is 2. The molecule has 2 amide bonds. The third-order valence-corrected chi connectivity index (χ3v) is 9.05. The van der Waals surface area contributed by atoms with Crippen molar-refractivity contribution in [3.05, 3.63) is 54.6 Å². The molecule has 3 aliphatic rings. The Morgan fingerprint density at radius 2 is 1.95 bits per heavy atom. The Morgan fingerprint density at radius 3 is 2.59 bits per heavy atom. The number of nitrogens with zero attached hydrogens (tertiary/aromatic N) is 2. The fourth-order valence-electron chi connectivity index (χ4n) is 6.63. The highest BCUT2D eigenvalue weighted by atomic mass is 79.9. The van der Waals surface area contributed by atoms with Gasteiger partial charge < -0.3 is 24.4 Å². The number of aryl methyl sites for hydroxylation is 2. The monoisotopic (exact) mass is 602 g/mol. The van der Waals surface area contributed by atoms with E-state index in [1.165, 1.54) is 0 Å². The van der Waals surface area contributed by atoms with Crippen molar-refractivity contribution in [2.24, 2.45) is 11.8 Å². The first-order valence-electron chi connectivity index (χ1n) is 13.7. The van der Waals surface area contributed by atoms with Crippen LogP contribution >= 0.6 is 15.9 Å². The number of para-hydroxylation sites is 1. The molecule has 0 saturated carbocycles. The highest BCUT2D eigenvalue weighted by Crippen LogP contribution is 2.60. The van der Waals surface area contributed by atoms with Crippen LogP contribution in [0.5, 0.6) is 0 Å². The van der Waals surface area contributed by atoms with E-state index < -0.39 is 35.6 Å². The first kappa shape index (κ1) is 29.5. The van der Waals surface area contributed by atoms with Gasteiger partial charge in [0.1, 0.15) is 11.6 Å². The summed E-state index contributed by atoms with van der Waals surface area (Å²) in [7, 11) is 0. The second-order valence-corrected chi connectivity index (χ2v) is 11.9. The molecule has 1 spiro atoms. The fraction of sp³-hybridized carbons (Fsp3) is 0.567. The van der Waals surface area contributed by atoms with Gasteiger partial charge in [-0.1, -0.05) is 46.3 Å². The molecule has 8 nitrogen and oxygen atoms in total. The van der Waals surface area contributed by atoms with E-state index in [1.54, 1.807) is 22.0 Å². The Bertz CT molecular complexity index is 1100. The minimum Gasteiger partial charge on any atom is -0.465 e. The maximum atomic E-state index is 14.6. The van der Waals surface area contributed by atoms with Crippen LogP contribution in [0.25, 0.3) is 0 Å². The molecule has 0 aliphatic carbocycles. The Kier molecular flexibility index (Phi) is 9.34. The van der Waals surface area contributed by atoms with Crippen LogP contribution < -0.4 is 4.90 Å². The number of aliphatic hydroxyl groups excluding tert-OH is 1. The van der Waals surface area contributed by atoms with Gasteiger partial charge in [-0.2, -0.15) is 0 Å². The molecule has 39 heavy (non-hydrogen) atoms. The number of fused-ring (bicyclic) bond motifs is 1. The highest BCUT2D eigenvalue weighted by molar-refractivity contribution is 9.09. The number of aliphatic hydroxyl groups is 1. The zero-order chi connectivity index (χ0) is 28.3. The van der Waals surface area contributed by atoms with Gasteiger partial charge in [-0.25, -0.2) is 0 Å². The Morgan fingerprint density at radius 1 is 1.23 bits per heavy atom. The molecule has 3 unspecified atom stereocenters. The number of carbonyl (C=O) groups is 3. The molecule has 1 N–H and O–H groups in total. The van der Waals surface area contributed by atoms with Crippen LogP contribution in [0.2, 0.25) is 0 Å². The number of esters is 1. The summed E-state index contributed by atoms with van der Waals surface area (Å²) in [6.07, 6.45) is 5.68. The number of benzene rings is 1. The summed E-state index contributed by atoms with van der Waals surface area (Å²) < 4.78 is 12.1. The average Bonchev–Trinajstić information content (AvgIpc) is 3.49. The summed E-state index contributed by atoms with van der Waals surface area (Å²) in [4.78, 5) is 45.2. The fourth-order valence-corrected chi connectivity index (χ4v) is 7.57. The molecule has 3 aliphatic heterocycles. The number of ether oxygens (including phenoxy) is 2. The van der Waals surface area contributed by atoms with E-state index in [1.807, 2.05) is 32.0 Å². The molecule has 0 aromatic heterocycles. The third-order valence-electron chi connectivity index (χ3n) is 8.21. The summed E-state index contributed by atoms with van der Waals surface area (Å²) in [6, 6.07) is 4.96. The van der Waals surface area contributed by atoms with Gasteiger partial charge in [0.25, 0.3) is 5.91 Å². The van der Waals surface area contributed by atoms with Crippen LogP contribution in [-0.4, -0.2) is 76.7 Å². The van der Waals surface area contributed by atoms with Gasteiger partial charge in [0.05, 0.1) is 24.5 Å². The van der Waals surface area contributed by atoms with Gasteiger partial charge in [0.15, 0.2) is 0 Å². The quantitative estimate of drug-likeness (QED) is 0.159. The summed E-state index contributed by atoms with van der Waals surface area (Å²) in [5.74, 6) is -2.57. The molecular formula is C30H39BrN2O6. The molecule has 1 aromatic rings. The van der Waals surface area contributed by atoms with Gasteiger partial charge in [0.2, 0.25) is 5.91 Å². The minimum absolute atomic E-state index is 0.0667. The van der Waals surface area contributed by atoms with Gasteiger partial charge in [-0.05, 0) is 57.1 Å². The van der Waals surface area contributed by atoms with Gasteiger partial charge in [-0.15, -0.1) is 13.2 Å². The number of amides is 2. The van der Waals surface area contributed by atoms with Gasteiger partial charge in [0, 0.05) is 30.2 Å². The van der Waals surface area contributed by atoms with Crippen LogP contribution in [0.3, 0.4) is 0 Å². The predicted octanol–water partition coefficient (Wildman–Crippen LogP) is 3.85. The maximum Gasteiger partial charge on any atom is 0.312 e. The smallest absolute Gasteiger partial charge is 0.312 e. The number of anilines is 1. The molecule has 1 aromatic carbocycles. The van der Waals surface area contributed by atoms with Crippen molar-refractivity contribution in [1.29, 1.82) is 0 Å². The van der Waals surface area contributed by atoms with Crippen LogP contribution in [-0.2, 0) is 23.9 Å². The number of hydrogen-bond acceptors (Lipinski definition) is 6. The standard InChI is InChI=1S/C30H39BrN2O6/c1-5-7-17-38-29(37)22-23-27(35)33(15-9-8-10-16-34)26(30(23)18-21(31)25(22)39-30)28(36)32(14-6-2)24-19(3)12-11-13-20(24)4/h5-6,11-13,21-23,25-26,34H,1-2,7-10,14-18H2,3-4H3/t21?,22-,23-,25-,26?,30?/m0/s1. The second kappa shape index (κ2) is 12.4. The van der Waals surface area contributed by atoms with Crippen molar-refractivity contribution in [1.82, 2.24) is 4.90 Å². The molecule has 9 heteroatoms. The summed E-state index contributed by atoms with van der Waals surface area (Å²) >= 11 is 3.70. The van der Waals surface area contributed by atoms with E-state index in [0.717, 1.165) is 16.8 Å². The molecule has 3 heterocycles. The Hall–Kier alpha value is -2.49. The lowest BCUT2D eigenvalue weighted by atomic mass is 9.70. The van der Waals surface area contributed by atoms with Crippen LogP contribution in [0, 0.1) is 25.7 Å². The van der Waals surface area contributed by atoms with Crippen molar-refractivity contribution >= 4 is 39.4 Å². The molecule has 212 valence electrons. The van der Waals surface area contributed by atoms with Crippen molar-refractivity contribution in [3.63, 3.8) is 0 Å². The van der Waals surface area contributed by atoms with E-state index >= 15 is 0 Å². The largest absolute Gasteiger partial charge is 0.465 e. The van der Waals surface area contributed by atoms with E-state index in [4.69, 9.17) is 9.47 Å². The molecule has 2 bridgehead atoms. The topological polar surface area (TPSA) is 96.4 Å². The summed E-state index contributed by atoms with van der Waals surface area (Å²) in [5.41, 5.74) is 1.52. The highest BCUT2D eigenvalue weighted by Gasteiger charge is 2.77. The first-order valence-corrected chi connectivity index (χ1v) is 14.6. The Labute approximate surface area is 239 Å². The number of alkyl halides is 1. The molecule has 6 atom stereocenters. The lowest BCUT2D eigenvalue weighted by Crippen LogP contribution is -2.57. The zero-order valence-electron chi connectivity index (χ0n) is 22.8. The SMILES string of the molecule is C=CCCOC(=O)[C@H]1[C@H]2C(=O)N(CCCCCO)C(C(=O)N(CC=C)c3c(C)cccc3C)C23CC(Br)[C@@H]1O3. The van der Waals surface area contributed by atoms with Crippen molar-refractivity contribution in [3.8, 4) is 0 Å². The number of carbonyl (C=O) groups excluding carboxylic acids is 3. The lowest BCUT2D eigenvalue weighted by molar-refractivity contribution is -0.154. The first-order chi connectivity index (χ1) is 18.7. The van der Waals surface area contributed by atoms with Crippen molar-refractivity contribution in [2.45, 2.75) is 68.5 Å². The lowest BCUT2D eigenvalue weighted by Gasteiger charge is -2.37. The van der Waals surface area contributed by atoms with E-state index in [9.17, 15) is 19.5 Å². The minimum atomic E-state index is -1.15. The number of likely N-dealkylation sites (tertiary alicyclic amines) is 1. The van der Waals surface area contributed by atoms with Gasteiger partial charge >= 0.3 is 5.97 Å². The predicted molar refractivity (Wildman–Crippen MR) is 153 cm³/mol. The molecule has 0 radical (unpaired) electrons. The maximum absolute atomic E-state index is 14.6. The van der Waals surface area contributed by atoms with Crippen LogP contribution in [0.4, 0.5) is 5.69 Å². The van der Waals surface area contributed by atoms with E-state index in [-0.39, 0.29) is 36.4 Å². The zero-order valence-corrected chi connectivity index (χ0v) is 24.4. The van der Waals surface area contributed by atoms with Gasteiger partial charge in [-0.3, -0.25) is 14.4 Å². The Balaban J connectivity index is 1.76. The molecule has 3 saturated heterocycles. The van der Waals surface area contributed by atoms with Crippen LogP contribution in [0.15, 0.2) is 43.5 Å². The number of halogens is 1. The summed E-state index contributed by atoms with van der Waals surface area (Å²) in [6.45, 7) is 12.3. The molecular weight excluding hydrogens is 564 g/mol. The van der Waals surface area contributed by atoms with Crippen LogP contribution in [0.1, 0.15) is 43.2 Å². The van der Waals surface area contributed by atoms with Crippen molar-refractivity contribution in [2.75, 3.05) is 31.2 Å². The number of hydrogen-bond donors (Lipinski definition) is 1. The average molecular weight is 604 g/mol. The van der Waals surface area contributed by atoms with E-state index in [0.29, 0.717) is 38.6 Å². The van der Waals surface area contributed by atoms with Crippen molar-refractivity contribution < 1.29 is 29.0 Å². The molecule has 3 fully saturated rings. The second-order valence-electron chi connectivity index (χ2n) is 10.7. The molecule has 4 rings (SSSR count). The van der Waals surface area contributed by atoms with E-state index in [2.05, 4.69) is 29.1 Å².